The average molecular weight is 177 g/mol. The molecule has 0 spiro atoms. The molecule has 0 bridgehead atoms. The van der Waals surface area contributed by atoms with Crippen LogP contribution in [0.3, 0.4) is 0 Å². The second-order valence-electron chi connectivity index (χ2n) is 2.83. The molecule has 0 aliphatic rings. The van der Waals surface area contributed by atoms with E-state index in [1.54, 1.807) is 23.0 Å². The van der Waals surface area contributed by atoms with E-state index in [4.69, 9.17) is 5.26 Å². The van der Waals surface area contributed by atoms with Crippen LogP contribution >= 0.6 is 0 Å². The Labute approximate surface area is 76.9 Å². The highest BCUT2D eigenvalue weighted by molar-refractivity contribution is 5.62. The predicted octanol–water partition coefficient (Wildman–Crippen LogP) is 0.513. The van der Waals surface area contributed by atoms with Crippen molar-refractivity contribution in [2.24, 2.45) is 12.0 Å². The van der Waals surface area contributed by atoms with Crippen molar-refractivity contribution in [3.05, 3.63) is 11.8 Å². The molecule has 0 aliphatic heterocycles. The van der Waals surface area contributed by atoms with Gasteiger partial charge in [-0.25, -0.2) is 9.67 Å². The summed E-state index contributed by atoms with van der Waals surface area (Å²) in [5.74, 6) is 0.580. The van der Waals surface area contributed by atoms with Gasteiger partial charge in [0.15, 0.2) is 5.82 Å². The van der Waals surface area contributed by atoms with Gasteiger partial charge in [-0.15, -0.1) is 0 Å². The van der Waals surface area contributed by atoms with Crippen LogP contribution in [0.4, 0.5) is 5.82 Å². The van der Waals surface area contributed by atoms with Crippen LogP contribution in [0.2, 0.25) is 0 Å². The van der Waals surface area contributed by atoms with Crippen LogP contribution in [0.25, 0.3) is 0 Å². The molecule has 0 aromatic carbocycles. The zero-order chi connectivity index (χ0) is 9.84. The summed E-state index contributed by atoms with van der Waals surface area (Å²) in [5, 5.41) is 12.6. The Morgan fingerprint density at radius 2 is 2.38 bits per heavy atom. The van der Waals surface area contributed by atoms with Gasteiger partial charge in [-0.2, -0.15) is 10.4 Å². The quantitative estimate of drug-likeness (QED) is 0.488. The number of aromatic nitrogens is 2. The summed E-state index contributed by atoms with van der Waals surface area (Å²) in [5.41, 5.74) is 0.487. The maximum absolute atomic E-state index is 8.71. The van der Waals surface area contributed by atoms with Gasteiger partial charge in [-0.1, -0.05) is 0 Å². The lowest BCUT2D eigenvalue weighted by molar-refractivity contribution is 0.641. The molecule has 0 N–H and O–H groups in total. The molecule has 0 saturated carbocycles. The van der Waals surface area contributed by atoms with Gasteiger partial charge in [0.2, 0.25) is 0 Å². The standard InChI is InChI=1S/C8H11N5/c1-12(2)6-10-8-7(4-9)5-11-13(8)3/h5-6H,1-3H3. The van der Waals surface area contributed by atoms with Crippen LogP contribution in [0.1, 0.15) is 5.56 Å². The Kier molecular flexibility index (Phi) is 2.65. The van der Waals surface area contributed by atoms with Crippen LogP contribution < -0.4 is 0 Å². The molecule has 0 fully saturated rings. The van der Waals surface area contributed by atoms with Crippen molar-refractivity contribution in [3.8, 4) is 6.07 Å². The van der Waals surface area contributed by atoms with Gasteiger partial charge < -0.3 is 4.90 Å². The molecule has 5 nitrogen and oxygen atoms in total. The predicted molar refractivity (Wildman–Crippen MR) is 49.8 cm³/mol. The van der Waals surface area contributed by atoms with E-state index in [2.05, 4.69) is 10.1 Å². The molecule has 1 heterocycles. The van der Waals surface area contributed by atoms with Crippen molar-refractivity contribution < 1.29 is 0 Å². The molecule has 0 radical (unpaired) electrons. The molecule has 13 heavy (non-hydrogen) atoms. The lowest BCUT2D eigenvalue weighted by Crippen LogP contribution is -2.07. The molecular formula is C8H11N5. The summed E-state index contributed by atoms with van der Waals surface area (Å²) in [6, 6.07) is 2.02. The fraction of sp³-hybridized carbons (Fsp3) is 0.375. The zero-order valence-electron chi connectivity index (χ0n) is 7.89. The van der Waals surface area contributed by atoms with Crippen molar-refractivity contribution in [2.75, 3.05) is 14.1 Å². The first kappa shape index (κ1) is 9.26. The maximum Gasteiger partial charge on any atom is 0.169 e. The average Bonchev–Trinajstić information content (AvgIpc) is 2.43. The molecule has 0 saturated heterocycles. The molecule has 1 aromatic heterocycles. The molecule has 1 rings (SSSR count). The monoisotopic (exact) mass is 177 g/mol. The summed E-state index contributed by atoms with van der Waals surface area (Å²) in [4.78, 5) is 5.91. The van der Waals surface area contributed by atoms with Crippen LogP contribution in [-0.4, -0.2) is 35.1 Å². The lowest BCUT2D eigenvalue weighted by Gasteiger charge is -2.02. The van der Waals surface area contributed by atoms with Gasteiger partial charge in [-0.3, -0.25) is 0 Å². The van der Waals surface area contributed by atoms with Gasteiger partial charge in [0.25, 0.3) is 0 Å². The topological polar surface area (TPSA) is 57.2 Å². The summed E-state index contributed by atoms with van der Waals surface area (Å²) < 4.78 is 1.57. The number of nitrogens with zero attached hydrogens (tertiary/aromatic N) is 5. The van der Waals surface area contributed by atoms with Crippen molar-refractivity contribution in [1.82, 2.24) is 14.7 Å². The number of aryl methyl sites for hydroxylation is 1. The molecule has 68 valence electrons. The minimum Gasteiger partial charge on any atom is -0.369 e. The summed E-state index contributed by atoms with van der Waals surface area (Å²) in [7, 11) is 5.49. The normalized spacial score (nSPS) is 10.3. The van der Waals surface area contributed by atoms with Crippen LogP contribution in [0, 0.1) is 11.3 Å². The summed E-state index contributed by atoms with van der Waals surface area (Å²) in [6.45, 7) is 0. The number of aliphatic imine (C=N–C) groups is 1. The van der Waals surface area contributed by atoms with Crippen LogP contribution in [-0.2, 0) is 7.05 Å². The van der Waals surface area contributed by atoms with E-state index in [0.29, 0.717) is 11.4 Å². The molecule has 0 atom stereocenters. The number of hydrogen-bond donors (Lipinski definition) is 0. The number of rotatable bonds is 2. The minimum absolute atomic E-state index is 0.487. The SMILES string of the molecule is CN(C)C=Nc1c(C#N)cnn1C. The fourth-order valence-electron chi connectivity index (χ4n) is 0.833. The van der Waals surface area contributed by atoms with E-state index < -0.39 is 0 Å². The first-order valence-electron chi connectivity index (χ1n) is 3.78. The fourth-order valence-corrected chi connectivity index (χ4v) is 0.833. The summed E-state index contributed by atoms with van der Waals surface area (Å²) >= 11 is 0. The smallest absolute Gasteiger partial charge is 0.169 e. The molecule has 1 aromatic rings. The first-order chi connectivity index (χ1) is 6.15. The van der Waals surface area contributed by atoms with E-state index >= 15 is 0 Å². The van der Waals surface area contributed by atoms with E-state index in [0.717, 1.165) is 0 Å². The molecule has 0 amide bonds. The van der Waals surface area contributed by atoms with Crippen LogP contribution in [0.15, 0.2) is 11.2 Å². The van der Waals surface area contributed by atoms with Gasteiger partial charge in [0.05, 0.1) is 12.5 Å². The van der Waals surface area contributed by atoms with Gasteiger partial charge in [0.1, 0.15) is 11.6 Å². The van der Waals surface area contributed by atoms with Crippen molar-refractivity contribution in [1.29, 1.82) is 5.26 Å². The molecule has 5 heteroatoms. The largest absolute Gasteiger partial charge is 0.369 e. The Hall–Kier alpha value is -1.83. The van der Waals surface area contributed by atoms with Gasteiger partial charge in [-0.05, 0) is 0 Å². The summed E-state index contributed by atoms with van der Waals surface area (Å²) in [6.07, 6.45) is 3.14. The maximum atomic E-state index is 8.71. The third-order valence-electron chi connectivity index (χ3n) is 1.44. The Morgan fingerprint density at radius 3 is 2.92 bits per heavy atom. The third-order valence-corrected chi connectivity index (χ3v) is 1.44. The van der Waals surface area contributed by atoms with E-state index in [1.165, 1.54) is 6.20 Å². The highest BCUT2D eigenvalue weighted by atomic mass is 15.3. The highest BCUT2D eigenvalue weighted by Crippen LogP contribution is 2.15. The van der Waals surface area contributed by atoms with Gasteiger partial charge in [0, 0.05) is 21.1 Å². The van der Waals surface area contributed by atoms with Crippen molar-refractivity contribution in [2.45, 2.75) is 0 Å². The first-order valence-corrected chi connectivity index (χ1v) is 3.78. The molecule has 0 aliphatic carbocycles. The highest BCUT2D eigenvalue weighted by Gasteiger charge is 2.04. The third kappa shape index (κ3) is 2.06. The zero-order valence-corrected chi connectivity index (χ0v) is 7.89. The molecular weight excluding hydrogens is 166 g/mol. The Balaban J connectivity index is 3.00. The van der Waals surface area contributed by atoms with Crippen LogP contribution in [0.5, 0.6) is 0 Å². The number of hydrogen-bond acceptors (Lipinski definition) is 3. The van der Waals surface area contributed by atoms with Gasteiger partial charge >= 0.3 is 0 Å². The second-order valence-corrected chi connectivity index (χ2v) is 2.83. The van der Waals surface area contributed by atoms with Crippen molar-refractivity contribution in [3.63, 3.8) is 0 Å². The van der Waals surface area contributed by atoms with E-state index in [-0.39, 0.29) is 0 Å². The van der Waals surface area contributed by atoms with E-state index in [1.807, 2.05) is 20.2 Å². The minimum atomic E-state index is 0.487. The molecule has 0 unspecified atom stereocenters. The number of nitriles is 1. The van der Waals surface area contributed by atoms with E-state index in [9.17, 15) is 0 Å². The lowest BCUT2D eigenvalue weighted by atomic mass is 10.4. The Morgan fingerprint density at radius 1 is 1.69 bits per heavy atom. The second kappa shape index (κ2) is 3.72. The Bertz CT molecular complexity index is 355. The van der Waals surface area contributed by atoms with Crippen molar-refractivity contribution >= 4 is 12.2 Å².